The van der Waals surface area contributed by atoms with Crippen LogP contribution in [0.15, 0.2) is 33.9 Å². The van der Waals surface area contributed by atoms with E-state index in [2.05, 4.69) is 11.9 Å². The second-order valence-corrected chi connectivity index (χ2v) is 6.08. The molecule has 2 aromatic rings. The molecule has 0 fully saturated rings. The molecule has 3 rings (SSSR count). The number of anilines is 1. The Bertz CT molecular complexity index is 885. The number of carbonyl (C=O) groups excluding carboxylic acids is 2. The minimum atomic E-state index is -0.639. The van der Waals surface area contributed by atoms with Gasteiger partial charge in [0.2, 0.25) is 0 Å². The molecule has 0 radical (unpaired) electrons. The second-order valence-electron chi connectivity index (χ2n) is 6.08. The highest BCUT2D eigenvalue weighted by Crippen LogP contribution is 2.29. The lowest BCUT2D eigenvalue weighted by atomic mass is 10.1. The van der Waals surface area contributed by atoms with Gasteiger partial charge in [0.05, 0.1) is 26.4 Å². The van der Waals surface area contributed by atoms with Crippen LogP contribution in [0, 0.1) is 0 Å². The third-order valence-electron chi connectivity index (χ3n) is 4.31. The number of aromatic nitrogens is 1. The number of nitrogens with zero attached hydrogens (tertiary/aromatic N) is 2. The van der Waals surface area contributed by atoms with E-state index in [0.29, 0.717) is 17.2 Å². The number of rotatable bonds is 6. The quantitative estimate of drug-likeness (QED) is 0.713. The lowest BCUT2D eigenvalue weighted by molar-refractivity contribution is -0.140. The molecule has 8 nitrogen and oxygen atoms in total. The van der Waals surface area contributed by atoms with Gasteiger partial charge in [-0.05, 0) is 18.6 Å². The Morgan fingerprint density at radius 1 is 1.22 bits per heavy atom. The molecule has 1 aromatic carbocycles. The van der Waals surface area contributed by atoms with E-state index in [1.165, 1.54) is 14.2 Å². The summed E-state index contributed by atoms with van der Waals surface area (Å²) >= 11 is 0. The van der Waals surface area contributed by atoms with E-state index in [1.807, 2.05) is 6.07 Å². The first-order valence-corrected chi connectivity index (χ1v) is 8.73. The van der Waals surface area contributed by atoms with Crippen LogP contribution < -0.4 is 4.90 Å². The number of benzene rings is 1. The predicted molar refractivity (Wildman–Crippen MR) is 97.0 cm³/mol. The second kappa shape index (κ2) is 8.22. The van der Waals surface area contributed by atoms with Crippen LogP contribution in [0.25, 0.3) is 11.1 Å². The van der Waals surface area contributed by atoms with Crippen molar-refractivity contribution in [3.8, 4) is 0 Å². The molecule has 1 aliphatic heterocycles. The van der Waals surface area contributed by atoms with Crippen LogP contribution in [0.5, 0.6) is 0 Å². The number of carbonyl (C=O) groups is 2. The Hall–Kier alpha value is -2.87. The molecule has 0 saturated carbocycles. The van der Waals surface area contributed by atoms with Gasteiger partial charge in [0.1, 0.15) is 17.9 Å². The summed E-state index contributed by atoms with van der Waals surface area (Å²) in [4.78, 5) is 30.4. The zero-order chi connectivity index (χ0) is 19.4. The fourth-order valence-electron chi connectivity index (χ4n) is 2.91. The van der Waals surface area contributed by atoms with Crippen molar-refractivity contribution in [3.05, 3.63) is 35.4 Å². The summed E-state index contributed by atoms with van der Waals surface area (Å²) in [6.45, 7) is 2.17. The largest absolute Gasteiger partial charge is 0.466 e. The monoisotopic (exact) mass is 374 g/mol. The molecule has 0 amide bonds. The maximum absolute atomic E-state index is 12.3. The minimum Gasteiger partial charge on any atom is -0.466 e. The van der Waals surface area contributed by atoms with Gasteiger partial charge < -0.3 is 23.5 Å². The van der Waals surface area contributed by atoms with Crippen molar-refractivity contribution < 1.29 is 28.2 Å². The number of oxazole rings is 1. The van der Waals surface area contributed by atoms with Crippen molar-refractivity contribution in [2.24, 2.45) is 0 Å². The highest BCUT2D eigenvalue weighted by atomic mass is 16.5. The van der Waals surface area contributed by atoms with Gasteiger partial charge in [-0.2, -0.15) is 0 Å². The molecule has 0 spiro atoms. The summed E-state index contributed by atoms with van der Waals surface area (Å²) in [5, 5.41) is 0. The molecule has 0 bridgehead atoms. The van der Waals surface area contributed by atoms with Gasteiger partial charge in [0.15, 0.2) is 11.5 Å². The molecule has 144 valence electrons. The maximum atomic E-state index is 12.3. The van der Waals surface area contributed by atoms with E-state index in [9.17, 15) is 9.59 Å². The molecule has 0 aliphatic carbocycles. The topological polar surface area (TPSA) is 91.1 Å². The van der Waals surface area contributed by atoms with Crippen molar-refractivity contribution in [2.75, 3.05) is 32.5 Å². The van der Waals surface area contributed by atoms with E-state index in [0.717, 1.165) is 24.8 Å². The lowest BCUT2D eigenvalue weighted by Crippen LogP contribution is -2.38. The summed E-state index contributed by atoms with van der Waals surface area (Å²) < 4.78 is 20.9. The molecule has 0 N–H and O–H groups in total. The van der Waals surface area contributed by atoms with Crippen molar-refractivity contribution >= 4 is 28.7 Å². The minimum absolute atomic E-state index is 0.0284. The van der Waals surface area contributed by atoms with Crippen LogP contribution in [0.2, 0.25) is 0 Å². The number of aryl methyl sites for hydroxylation is 1. The Labute approximate surface area is 156 Å². The van der Waals surface area contributed by atoms with Crippen LogP contribution in [0.1, 0.15) is 25.7 Å². The maximum Gasteiger partial charge on any atom is 0.355 e. The molecule has 2 heterocycles. The summed E-state index contributed by atoms with van der Waals surface area (Å²) in [5.74, 6) is -0.597. The Morgan fingerprint density at radius 2 is 2.00 bits per heavy atom. The first kappa shape index (κ1) is 18.9. The fraction of sp³-hybridized carbons (Fsp3) is 0.421. The van der Waals surface area contributed by atoms with Crippen molar-refractivity contribution in [3.63, 3.8) is 0 Å². The summed E-state index contributed by atoms with van der Waals surface area (Å²) in [6, 6.07) is 5.37. The molecular weight excluding hydrogens is 352 g/mol. The first-order valence-electron chi connectivity index (χ1n) is 8.73. The molecule has 0 unspecified atom stereocenters. The van der Waals surface area contributed by atoms with E-state index in [1.54, 1.807) is 17.0 Å². The van der Waals surface area contributed by atoms with Crippen molar-refractivity contribution in [1.82, 2.24) is 4.98 Å². The van der Waals surface area contributed by atoms with Crippen molar-refractivity contribution in [1.29, 1.82) is 0 Å². The number of esters is 2. The number of hydrogen-bond donors (Lipinski definition) is 0. The van der Waals surface area contributed by atoms with Crippen LogP contribution in [-0.2, 0) is 30.2 Å². The highest BCUT2D eigenvalue weighted by Gasteiger charge is 2.32. The average molecular weight is 374 g/mol. The molecule has 8 heteroatoms. The van der Waals surface area contributed by atoms with Gasteiger partial charge in [-0.25, -0.2) is 14.6 Å². The van der Waals surface area contributed by atoms with Crippen LogP contribution in [0.3, 0.4) is 0 Å². The van der Waals surface area contributed by atoms with E-state index in [-0.39, 0.29) is 24.6 Å². The number of ether oxygens (including phenoxy) is 3. The third-order valence-corrected chi connectivity index (χ3v) is 4.31. The smallest absolute Gasteiger partial charge is 0.355 e. The summed E-state index contributed by atoms with van der Waals surface area (Å²) in [6.07, 6.45) is 2.82. The number of methoxy groups -OCH3 is 2. The van der Waals surface area contributed by atoms with Crippen molar-refractivity contribution in [2.45, 2.75) is 26.2 Å². The van der Waals surface area contributed by atoms with Gasteiger partial charge in [-0.1, -0.05) is 13.3 Å². The molecular formula is C19H22N2O6. The van der Waals surface area contributed by atoms with Crippen LogP contribution in [-0.4, -0.2) is 44.5 Å². The molecule has 1 aromatic heterocycles. The van der Waals surface area contributed by atoms with E-state index >= 15 is 0 Å². The number of unbranched alkanes of at least 4 members (excludes halogenated alkanes) is 1. The van der Waals surface area contributed by atoms with Gasteiger partial charge >= 0.3 is 11.9 Å². The van der Waals surface area contributed by atoms with E-state index < -0.39 is 11.9 Å². The zero-order valence-corrected chi connectivity index (χ0v) is 15.6. The van der Waals surface area contributed by atoms with Gasteiger partial charge in [0, 0.05) is 18.2 Å². The molecule has 27 heavy (non-hydrogen) atoms. The molecule has 0 atom stereocenters. The zero-order valence-electron chi connectivity index (χ0n) is 15.6. The van der Waals surface area contributed by atoms with Crippen LogP contribution in [0.4, 0.5) is 5.69 Å². The first-order chi connectivity index (χ1) is 13.1. The number of fused-ring (bicyclic) bond motifs is 1. The normalized spacial score (nSPS) is 14.6. The van der Waals surface area contributed by atoms with Crippen LogP contribution >= 0.6 is 0 Å². The van der Waals surface area contributed by atoms with Gasteiger partial charge in [-0.15, -0.1) is 0 Å². The highest BCUT2D eigenvalue weighted by molar-refractivity contribution is 6.03. The SMILES string of the molecule is CCCCc1nc2ccc(N3COCC(C(=O)OC)=C3C(=O)OC)cc2o1. The summed E-state index contributed by atoms with van der Waals surface area (Å²) in [5.41, 5.74) is 2.17. The van der Waals surface area contributed by atoms with Gasteiger partial charge in [0.25, 0.3) is 0 Å². The Balaban J connectivity index is 2.02. The predicted octanol–water partition coefficient (Wildman–Crippen LogP) is 2.56. The third kappa shape index (κ3) is 3.80. The Kier molecular flexibility index (Phi) is 5.75. The Morgan fingerprint density at radius 3 is 2.70 bits per heavy atom. The molecule has 0 saturated heterocycles. The van der Waals surface area contributed by atoms with E-state index in [4.69, 9.17) is 18.6 Å². The average Bonchev–Trinajstić information content (AvgIpc) is 3.12. The van der Waals surface area contributed by atoms with Gasteiger partial charge in [-0.3, -0.25) is 0 Å². The molecule has 1 aliphatic rings. The number of hydrogen-bond acceptors (Lipinski definition) is 8. The lowest BCUT2D eigenvalue weighted by Gasteiger charge is -2.31. The summed E-state index contributed by atoms with van der Waals surface area (Å²) in [7, 11) is 2.51. The fourth-order valence-corrected chi connectivity index (χ4v) is 2.91. The standard InChI is InChI=1S/C19H22N2O6/c1-4-5-6-16-20-14-8-7-12(9-15(14)27-16)21-11-26-10-13(18(22)24-2)17(21)19(23)25-3/h7-9H,4-6,10-11H2,1-3H3.